The van der Waals surface area contributed by atoms with Gasteiger partial charge in [0.25, 0.3) is 11.8 Å². The van der Waals surface area contributed by atoms with Gasteiger partial charge in [0.15, 0.2) is 5.11 Å². The van der Waals surface area contributed by atoms with Crippen LogP contribution >= 0.6 is 12.2 Å². The summed E-state index contributed by atoms with van der Waals surface area (Å²) in [6.45, 7) is 0.264. The number of thiocarbonyl (C=S) groups is 1. The number of rotatable bonds is 6. The average molecular weight is 396 g/mol. The van der Waals surface area contributed by atoms with Gasteiger partial charge in [0.2, 0.25) is 5.91 Å². The summed E-state index contributed by atoms with van der Waals surface area (Å²) < 4.78 is 0. The van der Waals surface area contributed by atoms with E-state index in [1.165, 1.54) is 17.0 Å². The van der Waals surface area contributed by atoms with Crippen molar-refractivity contribution in [2.24, 2.45) is 0 Å². The number of hydrogen-bond acceptors (Lipinski definition) is 4. The highest BCUT2D eigenvalue weighted by molar-refractivity contribution is 7.80. The summed E-state index contributed by atoms with van der Waals surface area (Å²) in [4.78, 5) is 38.9. The van der Waals surface area contributed by atoms with Gasteiger partial charge < -0.3 is 5.32 Å². The van der Waals surface area contributed by atoms with E-state index < -0.39 is 11.9 Å². The van der Waals surface area contributed by atoms with Gasteiger partial charge in [-0.2, -0.15) is 0 Å². The minimum Gasteiger partial charge on any atom is -0.359 e. The number of benzene rings is 2. The van der Waals surface area contributed by atoms with E-state index in [-0.39, 0.29) is 29.9 Å². The van der Waals surface area contributed by atoms with Crippen molar-refractivity contribution < 1.29 is 14.4 Å². The molecule has 8 heteroatoms. The van der Waals surface area contributed by atoms with Crippen molar-refractivity contribution >= 4 is 35.1 Å². The molecular formula is C20H20N4O3S. The van der Waals surface area contributed by atoms with Crippen LogP contribution in [0.15, 0.2) is 60.7 Å². The van der Waals surface area contributed by atoms with Crippen LogP contribution in [0.5, 0.6) is 0 Å². The lowest BCUT2D eigenvalue weighted by atomic mass is 10.1. The lowest BCUT2D eigenvalue weighted by Crippen LogP contribution is -2.50. The molecule has 2 aromatic rings. The Morgan fingerprint density at radius 2 is 1.64 bits per heavy atom. The minimum absolute atomic E-state index is 0.115. The number of hydrazine groups is 1. The molecule has 144 valence electrons. The molecule has 0 spiro atoms. The van der Waals surface area contributed by atoms with Gasteiger partial charge in [-0.25, -0.2) is 5.01 Å². The van der Waals surface area contributed by atoms with Crippen LogP contribution in [0.25, 0.3) is 0 Å². The van der Waals surface area contributed by atoms with Crippen LogP contribution in [-0.2, 0) is 16.1 Å². The molecule has 3 rings (SSSR count). The lowest BCUT2D eigenvalue weighted by molar-refractivity contribution is -0.132. The molecule has 28 heavy (non-hydrogen) atoms. The summed E-state index contributed by atoms with van der Waals surface area (Å²) in [6.07, 6.45) is -0.115. The maximum absolute atomic E-state index is 13.0. The van der Waals surface area contributed by atoms with Gasteiger partial charge >= 0.3 is 0 Å². The molecule has 1 heterocycles. The highest BCUT2D eigenvalue weighted by atomic mass is 32.1. The summed E-state index contributed by atoms with van der Waals surface area (Å²) in [5.41, 5.74) is 4.01. The molecule has 0 aliphatic carbocycles. The van der Waals surface area contributed by atoms with E-state index in [1.807, 2.05) is 30.3 Å². The van der Waals surface area contributed by atoms with Crippen LogP contribution in [-0.4, -0.2) is 45.8 Å². The first-order chi connectivity index (χ1) is 13.5. The smallest absolute Gasteiger partial charge is 0.269 e. The van der Waals surface area contributed by atoms with Crippen LogP contribution < -0.4 is 10.7 Å². The van der Waals surface area contributed by atoms with Gasteiger partial charge in [-0.1, -0.05) is 48.5 Å². The van der Waals surface area contributed by atoms with Crippen molar-refractivity contribution in [2.75, 3.05) is 7.05 Å². The van der Waals surface area contributed by atoms with E-state index >= 15 is 0 Å². The molecule has 1 atom stereocenters. The van der Waals surface area contributed by atoms with Crippen LogP contribution in [0, 0.1) is 0 Å². The fraction of sp³-hybridized carbons (Fsp3) is 0.200. The predicted octanol–water partition coefficient (Wildman–Crippen LogP) is 1.47. The summed E-state index contributed by atoms with van der Waals surface area (Å²) >= 11 is 5.46. The first-order valence-electron chi connectivity index (χ1n) is 8.76. The molecule has 2 aromatic carbocycles. The molecule has 1 aliphatic rings. The summed E-state index contributed by atoms with van der Waals surface area (Å²) in [5.74, 6) is -1.05. The summed E-state index contributed by atoms with van der Waals surface area (Å²) in [5, 5.41) is 3.98. The third-order valence-corrected chi connectivity index (χ3v) is 4.82. The molecule has 7 nitrogen and oxygen atoms in total. The maximum Gasteiger partial charge on any atom is 0.269 e. The molecule has 0 bridgehead atoms. The van der Waals surface area contributed by atoms with Crippen molar-refractivity contribution in [1.29, 1.82) is 0 Å². The number of carbonyl (C=O) groups is 3. The van der Waals surface area contributed by atoms with Crippen LogP contribution in [0.3, 0.4) is 0 Å². The van der Waals surface area contributed by atoms with Crippen molar-refractivity contribution in [1.82, 2.24) is 20.7 Å². The molecule has 0 aromatic heterocycles. The molecule has 0 saturated carbocycles. The van der Waals surface area contributed by atoms with E-state index in [0.29, 0.717) is 5.56 Å². The number of amides is 3. The topological polar surface area (TPSA) is 81.8 Å². The van der Waals surface area contributed by atoms with E-state index in [2.05, 4.69) is 10.7 Å². The summed E-state index contributed by atoms with van der Waals surface area (Å²) in [6, 6.07) is 17.1. The van der Waals surface area contributed by atoms with E-state index in [4.69, 9.17) is 12.2 Å². The number of hydrogen-bond donors (Lipinski definition) is 2. The zero-order valence-corrected chi connectivity index (χ0v) is 16.1. The molecule has 0 radical (unpaired) electrons. The standard InChI is InChI=1S/C20H20N4O3S/c1-21-17(25)12-16-19(27)23(13-14-8-4-2-5-9-14)20(28)24(16)22-18(26)15-10-6-3-7-11-15/h2-11,16H,12-13H2,1H3,(H,21,25)(H,22,26). The number of nitrogens with zero attached hydrogens (tertiary/aromatic N) is 2. The Morgan fingerprint density at radius 1 is 1.04 bits per heavy atom. The first kappa shape index (κ1) is 19.5. The second-order valence-corrected chi connectivity index (χ2v) is 6.63. The van der Waals surface area contributed by atoms with Gasteiger partial charge in [-0.3, -0.25) is 24.7 Å². The van der Waals surface area contributed by atoms with Crippen LogP contribution in [0.2, 0.25) is 0 Å². The molecule has 1 unspecified atom stereocenters. The van der Waals surface area contributed by atoms with Gasteiger partial charge in [-0.05, 0) is 29.9 Å². The molecule has 1 saturated heterocycles. The molecule has 1 fully saturated rings. The van der Waals surface area contributed by atoms with E-state index in [9.17, 15) is 14.4 Å². The molecule has 1 aliphatic heterocycles. The van der Waals surface area contributed by atoms with Gasteiger partial charge in [0, 0.05) is 12.6 Å². The molecular weight excluding hydrogens is 376 g/mol. The molecule has 2 N–H and O–H groups in total. The lowest BCUT2D eigenvalue weighted by Gasteiger charge is -2.24. The molecule has 3 amide bonds. The fourth-order valence-corrected chi connectivity index (χ4v) is 3.23. The van der Waals surface area contributed by atoms with Crippen molar-refractivity contribution in [3.05, 3.63) is 71.8 Å². The van der Waals surface area contributed by atoms with Crippen molar-refractivity contribution in [2.45, 2.75) is 19.0 Å². The Morgan fingerprint density at radius 3 is 2.25 bits per heavy atom. The highest BCUT2D eigenvalue weighted by Crippen LogP contribution is 2.21. The zero-order valence-electron chi connectivity index (χ0n) is 15.3. The SMILES string of the molecule is CNC(=O)CC1C(=O)N(Cc2ccccc2)C(=S)N1NC(=O)c1ccccc1. The second-order valence-electron chi connectivity index (χ2n) is 6.26. The van der Waals surface area contributed by atoms with E-state index in [0.717, 1.165) is 5.56 Å². The van der Waals surface area contributed by atoms with Gasteiger partial charge in [0.1, 0.15) is 6.04 Å². The van der Waals surface area contributed by atoms with E-state index in [1.54, 1.807) is 30.3 Å². The zero-order chi connectivity index (χ0) is 20.1. The fourth-order valence-electron chi connectivity index (χ4n) is 2.90. The van der Waals surface area contributed by atoms with Gasteiger partial charge in [-0.15, -0.1) is 0 Å². The Bertz CT molecular complexity index is 889. The van der Waals surface area contributed by atoms with Crippen LogP contribution in [0.1, 0.15) is 22.3 Å². The number of carbonyl (C=O) groups excluding carboxylic acids is 3. The number of nitrogens with one attached hydrogen (secondary N) is 2. The average Bonchev–Trinajstić information content (AvgIpc) is 2.93. The normalized spacial score (nSPS) is 16.2. The minimum atomic E-state index is -0.899. The maximum atomic E-state index is 13.0. The largest absolute Gasteiger partial charge is 0.359 e. The summed E-state index contributed by atoms with van der Waals surface area (Å²) in [7, 11) is 1.49. The van der Waals surface area contributed by atoms with Crippen molar-refractivity contribution in [3.63, 3.8) is 0 Å². The Hall–Kier alpha value is -3.26. The second kappa shape index (κ2) is 8.62. The highest BCUT2D eigenvalue weighted by Gasteiger charge is 2.44. The monoisotopic (exact) mass is 396 g/mol. The Balaban J connectivity index is 1.84. The third kappa shape index (κ3) is 4.17. The first-order valence-corrected chi connectivity index (χ1v) is 9.17. The third-order valence-electron chi connectivity index (χ3n) is 4.40. The quantitative estimate of drug-likeness (QED) is 0.723. The Kier molecular flexibility index (Phi) is 6.00. The van der Waals surface area contributed by atoms with Crippen molar-refractivity contribution in [3.8, 4) is 0 Å². The predicted molar refractivity (Wildman–Crippen MR) is 108 cm³/mol. The Labute approximate surface area is 168 Å². The van der Waals surface area contributed by atoms with Crippen LogP contribution in [0.4, 0.5) is 0 Å². The van der Waals surface area contributed by atoms with Gasteiger partial charge in [0.05, 0.1) is 13.0 Å².